The Morgan fingerprint density at radius 2 is 1.61 bits per heavy atom. The molecule has 0 bridgehead atoms. The molecule has 0 aliphatic heterocycles. The number of benzene rings is 2. The molecule has 2 amide bonds. The minimum absolute atomic E-state index is 0.252. The molecular weight excluding hydrogens is 412 g/mol. The first-order valence-corrected chi connectivity index (χ1v) is 10.1. The Morgan fingerprint density at radius 3 is 2.26 bits per heavy atom. The number of hydrogen-bond acceptors (Lipinski definition) is 2. The van der Waals surface area contributed by atoms with Crippen molar-refractivity contribution in [1.82, 2.24) is 5.32 Å². The van der Waals surface area contributed by atoms with E-state index in [1.54, 1.807) is 0 Å². The van der Waals surface area contributed by atoms with Crippen LogP contribution in [0.25, 0.3) is 0 Å². The van der Waals surface area contributed by atoms with Crippen LogP contribution in [-0.4, -0.2) is 17.9 Å². The number of hydrogen-bond donors (Lipinski definition) is 2. The summed E-state index contributed by atoms with van der Waals surface area (Å²) < 4.78 is 57.2. The Labute approximate surface area is 178 Å². The summed E-state index contributed by atoms with van der Waals surface area (Å²) in [5, 5.41) is 4.76. The van der Waals surface area contributed by atoms with Crippen LogP contribution >= 0.6 is 0 Å². The molecule has 0 spiro atoms. The van der Waals surface area contributed by atoms with Crippen LogP contribution in [0.4, 0.5) is 23.2 Å². The largest absolute Gasteiger partial charge is 0.352 e. The summed E-state index contributed by atoms with van der Waals surface area (Å²) in [6.07, 6.45) is 2.82. The highest BCUT2D eigenvalue weighted by molar-refractivity contribution is 6.04. The number of rotatable bonds is 5. The van der Waals surface area contributed by atoms with E-state index in [9.17, 15) is 27.2 Å². The maximum absolute atomic E-state index is 14.8. The summed E-state index contributed by atoms with van der Waals surface area (Å²) in [6.45, 7) is 3.57. The van der Waals surface area contributed by atoms with Crippen LogP contribution in [-0.2, 0) is 10.7 Å². The quantitative estimate of drug-likeness (QED) is 0.624. The monoisotopic (exact) mass is 436 g/mol. The molecule has 3 rings (SSSR count). The molecule has 2 N–H and O–H groups in total. The van der Waals surface area contributed by atoms with E-state index in [2.05, 4.69) is 17.6 Å². The summed E-state index contributed by atoms with van der Waals surface area (Å²) in [7, 11) is 0. The summed E-state index contributed by atoms with van der Waals surface area (Å²) in [6, 6.07) is 5.91. The topological polar surface area (TPSA) is 58.2 Å². The van der Waals surface area contributed by atoms with Gasteiger partial charge in [0.15, 0.2) is 0 Å². The van der Waals surface area contributed by atoms with Crippen LogP contribution in [0.5, 0.6) is 0 Å². The van der Waals surface area contributed by atoms with E-state index in [0.29, 0.717) is 24.8 Å². The molecule has 4 nitrogen and oxygen atoms in total. The van der Waals surface area contributed by atoms with Crippen molar-refractivity contribution in [3.05, 3.63) is 64.7 Å². The lowest BCUT2D eigenvalue weighted by atomic mass is 9.87. The van der Waals surface area contributed by atoms with Gasteiger partial charge in [-0.2, -0.15) is 8.78 Å². The fraction of sp³-hybridized carbons (Fsp3) is 0.391. The van der Waals surface area contributed by atoms with E-state index in [1.165, 1.54) is 19.1 Å². The number of halogens is 4. The van der Waals surface area contributed by atoms with Gasteiger partial charge in [0.2, 0.25) is 0 Å². The van der Waals surface area contributed by atoms with E-state index >= 15 is 0 Å². The van der Waals surface area contributed by atoms with Crippen molar-refractivity contribution >= 4 is 17.5 Å². The molecule has 0 aromatic heterocycles. The standard InChI is InChI=1S/C23H24F4N2O2/c1-13-3-6-16(7-4-13)29-22(31)23(26,27)18-12-15(5-9-20(18)25)21(30)28-17-8-10-19(24)14(2)11-17/h5,8-13,16H,3-4,6-7H2,1-2H3,(H,28,30)(H,29,31). The summed E-state index contributed by atoms with van der Waals surface area (Å²) in [4.78, 5) is 24.7. The summed E-state index contributed by atoms with van der Waals surface area (Å²) in [5.74, 6) is -7.78. The molecule has 2 aromatic carbocycles. The smallest absolute Gasteiger partial charge is 0.348 e. The fourth-order valence-electron chi connectivity index (χ4n) is 3.64. The van der Waals surface area contributed by atoms with Gasteiger partial charge < -0.3 is 10.6 Å². The average Bonchev–Trinajstić information content (AvgIpc) is 2.72. The van der Waals surface area contributed by atoms with Gasteiger partial charge in [0.1, 0.15) is 11.6 Å². The Morgan fingerprint density at radius 1 is 0.968 bits per heavy atom. The normalized spacial score (nSPS) is 19.0. The third kappa shape index (κ3) is 5.24. The second kappa shape index (κ2) is 9.08. The van der Waals surface area contributed by atoms with Gasteiger partial charge >= 0.3 is 5.92 Å². The van der Waals surface area contributed by atoms with Crippen molar-refractivity contribution in [1.29, 1.82) is 0 Å². The van der Waals surface area contributed by atoms with E-state index in [-0.39, 0.29) is 22.9 Å². The third-order valence-electron chi connectivity index (χ3n) is 5.62. The average molecular weight is 436 g/mol. The maximum atomic E-state index is 14.8. The van der Waals surface area contributed by atoms with Crippen molar-refractivity contribution in [2.24, 2.45) is 5.92 Å². The lowest BCUT2D eigenvalue weighted by Gasteiger charge is -2.28. The zero-order valence-corrected chi connectivity index (χ0v) is 17.3. The van der Waals surface area contributed by atoms with Crippen LogP contribution in [0.1, 0.15) is 54.1 Å². The first-order valence-electron chi connectivity index (χ1n) is 10.1. The zero-order chi connectivity index (χ0) is 22.8. The molecule has 8 heteroatoms. The van der Waals surface area contributed by atoms with Gasteiger partial charge in [-0.05, 0) is 80.5 Å². The highest BCUT2D eigenvalue weighted by Gasteiger charge is 2.44. The summed E-state index contributed by atoms with van der Waals surface area (Å²) in [5.41, 5.74) is -0.877. The lowest BCUT2D eigenvalue weighted by molar-refractivity contribution is -0.148. The first-order chi connectivity index (χ1) is 14.6. The number of carbonyl (C=O) groups excluding carboxylic acids is 2. The van der Waals surface area contributed by atoms with Crippen molar-refractivity contribution in [3.8, 4) is 0 Å². The highest BCUT2D eigenvalue weighted by atomic mass is 19.3. The highest BCUT2D eigenvalue weighted by Crippen LogP contribution is 2.33. The van der Waals surface area contributed by atoms with Crippen LogP contribution in [0.2, 0.25) is 0 Å². The Kier molecular flexibility index (Phi) is 6.67. The van der Waals surface area contributed by atoms with E-state index < -0.39 is 34.9 Å². The van der Waals surface area contributed by atoms with Crippen molar-refractivity contribution in [3.63, 3.8) is 0 Å². The Hall–Kier alpha value is -2.90. The molecule has 1 fully saturated rings. The fourth-order valence-corrected chi connectivity index (χ4v) is 3.64. The maximum Gasteiger partial charge on any atom is 0.352 e. The van der Waals surface area contributed by atoms with Gasteiger partial charge in [-0.1, -0.05) is 6.92 Å². The van der Waals surface area contributed by atoms with Gasteiger partial charge in [0.05, 0.1) is 5.56 Å². The minimum atomic E-state index is -4.14. The molecule has 1 saturated carbocycles. The molecular formula is C23H24F4N2O2. The summed E-state index contributed by atoms with van der Waals surface area (Å²) >= 11 is 0. The van der Waals surface area contributed by atoms with Gasteiger partial charge in [0.25, 0.3) is 11.8 Å². The van der Waals surface area contributed by atoms with Crippen molar-refractivity contribution < 1.29 is 27.2 Å². The molecule has 0 heterocycles. The molecule has 1 aliphatic carbocycles. The second-order valence-corrected chi connectivity index (χ2v) is 8.12. The molecule has 0 unspecified atom stereocenters. The van der Waals surface area contributed by atoms with E-state index in [1.807, 2.05) is 0 Å². The van der Waals surface area contributed by atoms with Crippen LogP contribution in [0, 0.1) is 24.5 Å². The second-order valence-electron chi connectivity index (χ2n) is 8.12. The number of aryl methyl sites for hydroxylation is 1. The molecule has 0 radical (unpaired) electrons. The molecule has 0 atom stereocenters. The van der Waals surface area contributed by atoms with E-state index in [4.69, 9.17) is 0 Å². The van der Waals surface area contributed by atoms with E-state index in [0.717, 1.165) is 31.0 Å². The van der Waals surface area contributed by atoms with Crippen molar-refractivity contribution in [2.75, 3.05) is 5.32 Å². The van der Waals surface area contributed by atoms with Crippen LogP contribution < -0.4 is 10.6 Å². The Balaban J connectivity index is 1.77. The van der Waals surface area contributed by atoms with Gasteiger partial charge in [0, 0.05) is 17.3 Å². The lowest BCUT2D eigenvalue weighted by Crippen LogP contribution is -2.45. The predicted molar refractivity (Wildman–Crippen MR) is 109 cm³/mol. The number of anilines is 1. The molecule has 166 valence electrons. The molecule has 2 aromatic rings. The van der Waals surface area contributed by atoms with Gasteiger partial charge in [-0.15, -0.1) is 0 Å². The van der Waals surface area contributed by atoms with Gasteiger partial charge in [-0.3, -0.25) is 9.59 Å². The number of amides is 2. The van der Waals surface area contributed by atoms with Crippen molar-refractivity contribution in [2.45, 2.75) is 51.5 Å². The SMILES string of the molecule is Cc1cc(NC(=O)c2ccc(F)c(C(F)(F)C(=O)NC3CCC(C)CC3)c2)ccc1F. The third-order valence-corrected chi connectivity index (χ3v) is 5.62. The van der Waals surface area contributed by atoms with Gasteiger partial charge in [-0.25, -0.2) is 8.78 Å². The van der Waals surface area contributed by atoms with Crippen LogP contribution in [0.3, 0.4) is 0 Å². The number of carbonyl (C=O) groups is 2. The zero-order valence-electron chi connectivity index (χ0n) is 17.3. The van der Waals surface area contributed by atoms with Crippen LogP contribution in [0.15, 0.2) is 36.4 Å². The number of nitrogens with one attached hydrogen (secondary N) is 2. The Bertz CT molecular complexity index is 986. The minimum Gasteiger partial charge on any atom is -0.348 e. The number of alkyl halides is 2. The predicted octanol–water partition coefficient (Wildman–Crippen LogP) is 5.31. The molecule has 0 saturated heterocycles. The first kappa shape index (κ1) is 22.8. The molecule has 31 heavy (non-hydrogen) atoms. The molecule has 1 aliphatic rings.